The van der Waals surface area contributed by atoms with E-state index in [0.717, 1.165) is 12.0 Å². The van der Waals surface area contributed by atoms with Crippen molar-refractivity contribution >= 4 is 0 Å². The fourth-order valence-electron chi connectivity index (χ4n) is 1.97. The van der Waals surface area contributed by atoms with Gasteiger partial charge in [-0.2, -0.15) is 0 Å². The van der Waals surface area contributed by atoms with E-state index >= 15 is 0 Å². The first-order chi connectivity index (χ1) is 7.54. The van der Waals surface area contributed by atoms with Crippen LogP contribution in [-0.2, 0) is 0 Å². The summed E-state index contributed by atoms with van der Waals surface area (Å²) in [6, 6.07) is 7.49. The zero-order valence-electron chi connectivity index (χ0n) is 10.6. The standard InChI is InChI=1S/C14H22FN/c1-5-14(10(2)3)16-11(4)12-7-6-8-13(15)9-12/h6-11,14,16H,5H2,1-4H3/t11-,14?/m0/s1. The highest BCUT2D eigenvalue weighted by Gasteiger charge is 2.14. The summed E-state index contributed by atoms with van der Waals surface area (Å²) in [5.74, 6) is 0.435. The van der Waals surface area contributed by atoms with Gasteiger partial charge >= 0.3 is 0 Å². The van der Waals surface area contributed by atoms with Gasteiger partial charge in [0.1, 0.15) is 5.82 Å². The SMILES string of the molecule is CCC(N[C@@H](C)c1cccc(F)c1)C(C)C. The van der Waals surface area contributed by atoms with E-state index in [9.17, 15) is 4.39 Å². The Kier molecular flexibility index (Phi) is 4.94. The number of hydrogen-bond acceptors (Lipinski definition) is 1. The van der Waals surface area contributed by atoms with Crippen LogP contribution in [-0.4, -0.2) is 6.04 Å². The van der Waals surface area contributed by atoms with Crippen LogP contribution >= 0.6 is 0 Å². The third-order valence-corrected chi connectivity index (χ3v) is 3.06. The molecule has 0 fully saturated rings. The molecule has 0 aliphatic carbocycles. The summed E-state index contributed by atoms with van der Waals surface area (Å²) in [6.45, 7) is 8.68. The van der Waals surface area contributed by atoms with Crippen molar-refractivity contribution in [3.8, 4) is 0 Å². The quantitative estimate of drug-likeness (QED) is 0.798. The Morgan fingerprint density at radius 1 is 1.25 bits per heavy atom. The van der Waals surface area contributed by atoms with E-state index in [1.807, 2.05) is 6.07 Å². The van der Waals surface area contributed by atoms with E-state index in [0.29, 0.717) is 12.0 Å². The smallest absolute Gasteiger partial charge is 0.123 e. The van der Waals surface area contributed by atoms with Crippen molar-refractivity contribution in [3.63, 3.8) is 0 Å². The van der Waals surface area contributed by atoms with Crippen molar-refractivity contribution in [1.29, 1.82) is 0 Å². The average Bonchev–Trinajstić information content (AvgIpc) is 2.25. The predicted octanol–water partition coefficient (Wildman–Crippen LogP) is 3.91. The topological polar surface area (TPSA) is 12.0 Å². The fraction of sp³-hybridized carbons (Fsp3) is 0.571. The van der Waals surface area contributed by atoms with Gasteiger partial charge in [0.2, 0.25) is 0 Å². The summed E-state index contributed by atoms with van der Waals surface area (Å²) in [6.07, 6.45) is 1.09. The second-order valence-corrected chi connectivity index (χ2v) is 4.70. The van der Waals surface area contributed by atoms with Gasteiger partial charge < -0.3 is 5.32 Å². The van der Waals surface area contributed by atoms with Crippen LogP contribution in [0.25, 0.3) is 0 Å². The van der Waals surface area contributed by atoms with E-state index in [2.05, 4.69) is 33.0 Å². The van der Waals surface area contributed by atoms with Crippen LogP contribution in [0.5, 0.6) is 0 Å². The number of hydrogen-bond donors (Lipinski definition) is 1. The largest absolute Gasteiger partial charge is 0.307 e. The van der Waals surface area contributed by atoms with Gasteiger partial charge in [-0.15, -0.1) is 0 Å². The summed E-state index contributed by atoms with van der Waals surface area (Å²) in [5, 5.41) is 3.54. The van der Waals surface area contributed by atoms with E-state index < -0.39 is 0 Å². The van der Waals surface area contributed by atoms with Gasteiger partial charge in [0, 0.05) is 12.1 Å². The fourth-order valence-corrected chi connectivity index (χ4v) is 1.97. The highest BCUT2D eigenvalue weighted by Crippen LogP contribution is 2.17. The molecular formula is C14H22FN. The van der Waals surface area contributed by atoms with Crippen LogP contribution in [0.1, 0.15) is 45.7 Å². The Morgan fingerprint density at radius 3 is 2.44 bits per heavy atom. The van der Waals surface area contributed by atoms with Crippen LogP contribution < -0.4 is 5.32 Å². The lowest BCUT2D eigenvalue weighted by molar-refractivity contribution is 0.355. The molecule has 0 saturated heterocycles. The van der Waals surface area contributed by atoms with Crippen LogP contribution in [0.4, 0.5) is 4.39 Å². The lowest BCUT2D eigenvalue weighted by Gasteiger charge is -2.25. The Labute approximate surface area is 98.1 Å². The maximum Gasteiger partial charge on any atom is 0.123 e. The minimum Gasteiger partial charge on any atom is -0.307 e. The van der Waals surface area contributed by atoms with Gasteiger partial charge in [0.05, 0.1) is 0 Å². The molecule has 0 radical (unpaired) electrons. The van der Waals surface area contributed by atoms with Crippen LogP contribution in [0.2, 0.25) is 0 Å². The lowest BCUT2D eigenvalue weighted by Crippen LogP contribution is -2.35. The minimum absolute atomic E-state index is 0.163. The Hall–Kier alpha value is -0.890. The van der Waals surface area contributed by atoms with Crippen molar-refractivity contribution < 1.29 is 4.39 Å². The second kappa shape index (κ2) is 6.00. The molecule has 1 rings (SSSR count). The van der Waals surface area contributed by atoms with Crippen molar-refractivity contribution in [2.75, 3.05) is 0 Å². The van der Waals surface area contributed by atoms with Crippen LogP contribution in [0.15, 0.2) is 24.3 Å². The lowest BCUT2D eigenvalue weighted by atomic mass is 9.99. The molecule has 0 aliphatic rings. The average molecular weight is 223 g/mol. The Morgan fingerprint density at radius 2 is 1.94 bits per heavy atom. The second-order valence-electron chi connectivity index (χ2n) is 4.70. The van der Waals surface area contributed by atoms with Gasteiger partial charge in [-0.1, -0.05) is 32.9 Å². The minimum atomic E-state index is -0.163. The summed E-state index contributed by atoms with van der Waals surface area (Å²) in [7, 11) is 0. The van der Waals surface area contributed by atoms with Crippen molar-refractivity contribution in [1.82, 2.24) is 5.32 Å². The molecule has 1 N–H and O–H groups in total. The van der Waals surface area contributed by atoms with Gasteiger partial charge in [-0.05, 0) is 37.0 Å². The first kappa shape index (κ1) is 13.2. The monoisotopic (exact) mass is 223 g/mol. The number of nitrogens with one attached hydrogen (secondary N) is 1. The molecule has 1 aromatic carbocycles. The van der Waals surface area contributed by atoms with Gasteiger partial charge in [0.25, 0.3) is 0 Å². The summed E-state index contributed by atoms with van der Waals surface area (Å²) >= 11 is 0. The zero-order chi connectivity index (χ0) is 12.1. The van der Waals surface area contributed by atoms with Crippen molar-refractivity contribution in [2.24, 2.45) is 5.92 Å². The first-order valence-electron chi connectivity index (χ1n) is 6.06. The Balaban J connectivity index is 2.67. The van der Waals surface area contributed by atoms with Crippen molar-refractivity contribution in [3.05, 3.63) is 35.6 Å². The molecule has 0 saturated carbocycles. The molecule has 1 nitrogen and oxygen atoms in total. The molecule has 0 bridgehead atoms. The molecular weight excluding hydrogens is 201 g/mol. The summed E-state index contributed by atoms with van der Waals surface area (Å²) in [5.41, 5.74) is 1.01. The molecule has 2 atom stereocenters. The summed E-state index contributed by atoms with van der Waals surface area (Å²) in [4.78, 5) is 0. The Bertz CT molecular complexity index is 322. The van der Waals surface area contributed by atoms with Gasteiger partial charge in [-0.3, -0.25) is 0 Å². The van der Waals surface area contributed by atoms with Crippen LogP contribution in [0, 0.1) is 11.7 Å². The first-order valence-corrected chi connectivity index (χ1v) is 6.06. The number of rotatable bonds is 5. The molecule has 1 aromatic rings. The third kappa shape index (κ3) is 3.60. The van der Waals surface area contributed by atoms with Crippen molar-refractivity contribution in [2.45, 2.75) is 46.2 Å². The van der Waals surface area contributed by atoms with Crippen LogP contribution in [0.3, 0.4) is 0 Å². The summed E-state index contributed by atoms with van der Waals surface area (Å²) < 4.78 is 13.1. The molecule has 0 amide bonds. The third-order valence-electron chi connectivity index (χ3n) is 3.06. The highest BCUT2D eigenvalue weighted by molar-refractivity contribution is 5.19. The molecule has 1 unspecified atom stereocenters. The van der Waals surface area contributed by atoms with E-state index in [-0.39, 0.29) is 11.9 Å². The van der Waals surface area contributed by atoms with E-state index in [1.54, 1.807) is 12.1 Å². The zero-order valence-corrected chi connectivity index (χ0v) is 10.6. The van der Waals surface area contributed by atoms with Gasteiger partial charge in [-0.25, -0.2) is 4.39 Å². The molecule has 16 heavy (non-hydrogen) atoms. The van der Waals surface area contributed by atoms with E-state index in [4.69, 9.17) is 0 Å². The molecule has 2 heteroatoms. The maximum absolute atomic E-state index is 13.1. The molecule has 0 aliphatic heterocycles. The van der Waals surface area contributed by atoms with E-state index in [1.165, 1.54) is 6.07 Å². The normalized spacial score (nSPS) is 15.1. The maximum atomic E-state index is 13.1. The number of halogens is 1. The van der Waals surface area contributed by atoms with Gasteiger partial charge in [0.15, 0.2) is 0 Å². The molecule has 0 spiro atoms. The molecule has 0 aromatic heterocycles. The molecule has 90 valence electrons. The number of benzene rings is 1. The predicted molar refractivity (Wildman–Crippen MR) is 66.9 cm³/mol. The molecule has 0 heterocycles. The highest BCUT2D eigenvalue weighted by atomic mass is 19.1.